The van der Waals surface area contributed by atoms with Crippen molar-refractivity contribution in [3.8, 4) is 0 Å². The number of aromatic nitrogens is 4. The number of hydrogen-bond acceptors (Lipinski definition) is 3. The highest BCUT2D eigenvalue weighted by Crippen LogP contribution is 2.15. The summed E-state index contributed by atoms with van der Waals surface area (Å²) in [6, 6.07) is 15.4. The Labute approximate surface area is 144 Å². The molecule has 3 heterocycles. The molecule has 6 nitrogen and oxygen atoms in total. The Balaban J connectivity index is 1.41. The predicted molar refractivity (Wildman–Crippen MR) is 96.4 cm³/mol. The molecule has 0 saturated heterocycles. The van der Waals surface area contributed by atoms with Gasteiger partial charge in [-0.05, 0) is 36.2 Å². The zero-order chi connectivity index (χ0) is 17.1. The van der Waals surface area contributed by atoms with Crippen molar-refractivity contribution >= 4 is 22.6 Å². The van der Waals surface area contributed by atoms with Gasteiger partial charge in [0.05, 0.1) is 0 Å². The molecule has 1 aromatic carbocycles. The van der Waals surface area contributed by atoms with Gasteiger partial charge in [-0.1, -0.05) is 18.2 Å². The van der Waals surface area contributed by atoms with Gasteiger partial charge in [-0.15, -0.1) is 0 Å². The number of carbonyl (C=O) groups is 1. The fourth-order valence-electron chi connectivity index (χ4n) is 2.73. The van der Waals surface area contributed by atoms with Crippen LogP contribution in [-0.2, 0) is 13.0 Å². The predicted octanol–water partition coefficient (Wildman–Crippen LogP) is 3.25. The van der Waals surface area contributed by atoms with Gasteiger partial charge in [-0.25, -0.2) is 0 Å². The Morgan fingerprint density at radius 2 is 1.96 bits per heavy atom. The molecule has 3 aromatic heterocycles. The molecule has 4 aromatic rings. The zero-order valence-corrected chi connectivity index (χ0v) is 13.5. The Hall–Kier alpha value is -3.41. The number of carbonyl (C=O) groups excluding carboxylic acids is 1. The number of hydrogen-bond donors (Lipinski definition) is 2. The Kier molecular flexibility index (Phi) is 4.00. The van der Waals surface area contributed by atoms with E-state index in [0.717, 1.165) is 23.9 Å². The first-order valence-electron chi connectivity index (χ1n) is 8.09. The molecule has 0 aliphatic rings. The molecule has 0 aliphatic heterocycles. The van der Waals surface area contributed by atoms with Gasteiger partial charge in [-0.3, -0.25) is 14.5 Å². The van der Waals surface area contributed by atoms with Crippen molar-refractivity contribution in [2.45, 2.75) is 13.0 Å². The standard InChI is InChI=1S/C19H17N5O/c25-19(17-13-15-3-1-2-4-16(15)21-17)22-18-8-12-24(23-18)11-7-14-5-9-20-10-6-14/h1-6,8-10,12-13,21H,7,11H2,(H,22,23,25). The average Bonchev–Trinajstić information content (AvgIpc) is 3.27. The van der Waals surface area contributed by atoms with Crippen LogP contribution in [0.4, 0.5) is 5.82 Å². The molecule has 0 radical (unpaired) electrons. The average molecular weight is 331 g/mol. The summed E-state index contributed by atoms with van der Waals surface area (Å²) in [6.07, 6.45) is 6.29. The molecule has 25 heavy (non-hydrogen) atoms. The molecular weight excluding hydrogens is 314 g/mol. The smallest absolute Gasteiger partial charge is 0.273 e. The van der Waals surface area contributed by atoms with Crippen LogP contribution in [-0.4, -0.2) is 25.7 Å². The summed E-state index contributed by atoms with van der Waals surface area (Å²) in [4.78, 5) is 19.5. The van der Waals surface area contributed by atoms with Crippen LogP contribution in [0.5, 0.6) is 0 Å². The minimum atomic E-state index is -0.199. The molecular formula is C19H17N5O. The van der Waals surface area contributed by atoms with Crippen molar-refractivity contribution in [2.75, 3.05) is 5.32 Å². The third kappa shape index (κ3) is 3.42. The summed E-state index contributed by atoms with van der Waals surface area (Å²) in [7, 11) is 0. The molecule has 0 aliphatic carbocycles. The molecule has 6 heteroatoms. The Morgan fingerprint density at radius 3 is 2.80 bits per heavy atom. The second-order valence-corrected chi connectivity index (χ2v) is 5.79. The van der Waals surface area contributed by atoms with Crippen molar-refractivity contribution in [3.63, 3.8) is 0 Å². The fourth-order valence-corrected chi connectivity index (χ4v) is 2.73. The van der Waals surface area contributed by atoms with Crippen molar-refractivity contribution in [1.82, 2.24) is 19.7 Å². The van der Waals surface area contributed by atoms with Gasteiger partial charge in [0, 0.05) is 42.1 Å². The lowest BCUT2D eigenvalue weighted by atomic mass is 10.2. The van der Waals surface area contributed by atoms with E-state index < -0.39 is 0 Å². The minimum absolute atomic E-state index is 0.199. The zero-order valence-electron chi connectivity index (χ0n) is 13.5. The SMILES string of the molecule is O=C(Nc1ccn(CCc2ccncc2)n1)c1cc2ccccc2[nH]1. The molecule has 4 rings (SSSR count). The first kappa shape index (κ1) is 15.1. The monoisotopic (exact) mass is 331 g/mol. The van der Waals surface area contributed by atoms with Gasteiger partial charge in [0.25, 0.3) is 5.91 Å². The highest BCUT2D eigenvalue weighted by Gasteiger charge is 2.11. The second kappa shape index (κ2) is 6.60. The van der Waals surface area contributed by atoms with Crippen LogP contribution in [0.15, 0.2) is 67.1 Å². The summed E-state index contributed by atoms with van der Waals surface area (Å²) >= 11 is 0. The van der Waals surface area contributed by atoms with Gasteiger partial charge >= 0.3 is 0 Å². The van der Waals surface area contributed by atoms with E-state index in [0.29, 0.717) is 11.5 Å². The largest absolute Gasteiger partial charge is 0.351 e. The van der Waals surface area contributed by atoms with Gasteiger partial charge in [0.1, 0.15) is 5.69 Å². The summed E-state index contributed by atoms with van der Waals surface area (Å²) in [5, 5.41) is 8.24. The number of pyridine rings is 1. The molecule has 0 bridgehead atoms. The number of aromatic amines is 1. The lowest BCUT2D eigenvalue weighted by Crippen LogP contribution is -2.13. The van der Waals surface area contributed by atoms with Crippen molar-refractivity contribution in [1.29, 1.82) is 0 Å². The van der Waals surface area contributed by atoms with Crippen LogP contribution in [0, 0.1) is 0 Å². The molecule has 0 fully saturated rings. The normalized spacial score (nSPS) is 10.9. The number of rotatable bonds is 5. The van der Waals surface area contributed by atoms with Gasteiger partial charge in [0.15, 0.2) is 5.82 Å². The van der Waals surface area contributed by atoms with Gasteiger partial charge in [0.2, 0.25) is 0 Å². The van der Waals surface area contributed by atoms with Crippen molar-refractivity contribution in [3.05, 3.63) is 78.4 Å². The van der Waals surface area contributed by atoms with Crippen LogP contribution >= 0.6 is 0 Å². The van der Waals surface area contributed by atoms with E-state index in [4.69, 9.17) is 0 Å². The van der Waals surface area contributed by atoms with E-state index >= 15 is 0 Å². The molecule has 0 atom stereocenters. The van der Waals surface area contributed by atoms with Crippen LogP contribution in [0.1, 0.15) is 16.1 Å². The first-order chi connectivity index (χ1) is 12.3. The lowest BCUT2D eigenvalue weighted by Gasteiger charge is -2.02. The maximum absolute atomic E-state index is 12.4. The van der Waals surface area contributed by atoms with Crippen LogP contribution in [0.2, 0.25) is 0 Å². The van der Waals surface area contributed by atoms with E-state index in [1.807, 2.05) is 53.3 Å². The third-order valence-corrected chi connectivity index (χ3v) is 4.04. The number of anilines is 1. The minimum Gasteiger partial charge on any atom is -0.351 e. The number of fused-ring (bicyclic) bond motifs is 1. The van der Waals surface area contributed by atoms with Crippen LogP contribution in [0.3, 0.4) is 0 Å². The van der Waals surface area contributed by atoms with Crippen LogP contribution in [0.25, 0.3) is 10.9 Å². The summed E-state index contributed by atoms with van der Waals surface area (Å²) in [5.74, 6) is 0.342. The number of benzene rings is 1. The maximum atomic E-state index is 12.4. The van der Waals surface area contributed by atoms with Gasteiger partial charge < -0.3 is 10.3 Å². The van der Waals surface area contributed by atoms with E-state index in [1.165, 1.54) is 5.56 Å². The van der Waals surface area contributed by atoms with Crippen molar-refractivity contribution < 1.29 is 4.79 Å². The van der Waals surface area contributed by atoms with E-state index in [2.05, 4.69) is 20.4 Å². The maximum Gasteiger partial charge on any atom is 0.273 e. The van der Waals surface area contributed by atoms with E-state index in [-0.39, 0.29) is 5.91 Å². The Bertz CT molecular complexity index is 970. The number of amides is 1. The third-order valence-electron chi connectivity index (χ3n) is 4.04. The van der Waals surface area contributed by atoms with E-state index in [9.17, 15) is 4.79 Å². The fraction of sp³-hybridized carbons (Fsp3) is 0.105. The number of H-pyrrole nitrogens is 1. The highest BCUT2D eigenvalue weighted by atomic mass is 16.2. The summed E-state index contributed by atoms with van der Waals surface area (Å²) in [5.41, 5.74) is 2.66. The van der Waals surface area contributed by atoms with Crippen molar-refractivity contribution in [2.24, 2.45) is 0 Å². The highest BCUT2D eigenvalue weighted by molar-refractivity contribution is 6.05. The number of nitrogens with one attached hydrogen (secondary N) is 2. The molecule has 0 spiro atoms. The Morgan fingerprint density at radius 1 is 1.12 bits per heavy atom. The number of para-hydroxylation sites is 1. The van der Waals surface area contributed by atoms with E-state index in [1.54, 1.807) is 18.5 Å². The van der Waals surface area contributed by atoms with Crippen LogP contribution < -0.4 is 5.32 Å². The second-order valence-electron chi connectivity index (χ2n) is 5.79. The first-order valence-corrected chi connectivity index (χ1v) is 8.09. The van der Waals surface area contributed by atoms with Gasteiger partial charge in [-0.2, -0.15) is 5.10 Å². The lowest BCUT2D eigenvalue weighted by molar-refractivity contribution is 0.102. The molecule has 124 valence electrons. The molecule has 0 unspecified atom stereocenters. The number of aryl methyl sites for hydroxylation is 2. The quantitative estimate of drug-likeness (QED) is 0.589. The summed E-state index contributed by atoms with van der Waals surface area (Å²) < 4.78 is 1.82. The molecule has 2 N–H and O–H groups in total. The molecule has 1 amide bonds. The summed E-state index contributed by atoms with van der Waals surface area (Å²) in [6.45, 7) is 0.742. The number of nitrogens with zero attached hydrogens (tertiary/aromatic N) is 3. The molecule has 0 saturated carbocycles. The topological polar surface area (TPSA) is 75.6 Å².